The molecule has 8 heteroatoms. The van der Waals surface area contributed by atoms with E-state index in [9.17, 15) is 5.73 Å². The monoisotopic (exact) mass is 898 g/mol. The number of aryl methyl sites for hydroxylation is 6. The third kappa shape index (κ3) is 16.0. The number of ether oxygens (including phenoxy) is 1. The van der Waals surface area contributed by atoms with Gasteiger partial charge in [-0.25, -0.2) is 0 Å². The standard InChI is InChI=1S/C20H24NO.C15H16P.C9H12.3Ar.ClH.Ru/c1-14(2)16(4)20(21,17-8-6-15(3)7-9-17)18-10-12-19(22-5)13-11-18;1-10-6-4-7-11(2)14(10)15-12(3)8-5-9-13(15)16;1-7-4-8(2)6-9(3)5-7;;;;;/h6-8,10-14,16,21H,4H2,1-3,5H3;4-9H,1,16H2,2-3H3;4-6H,1-3H3;;;;1H;/q-3;-1;;;;;;+1/p-1. The number of nitrogens with one attached hydrogen (secondary N) is 1. The summed E-state index contributed by atoms with van der Waals surface area (Å²) in [6.07, 6.45) is 0. The average molecular weight is 898 g/mol. The molecule has 0 saturated carbocycles. The van der Waals surface area contributed by atoms with Crippen molar-refractivity contribution < 1.29 is 135 Å². The summed E-state index contributed by atoms with van der Waals surface area (Å²) in [6, 6.07) is 36.2. The van der Waals surface area contributed by atoms with E-state index < -0.39 is 5.54 Å². The molecule has 0 heterocycles. The molecular weight excluding hydrogens is 846 g/mol. The third-order valence-corrected chi connectivity index (χ3v) is 9.06. The van der Waals surface area contributed by atoms with Crippen LogP contribution in [0.1, 0.15) is 63.9 Å². The van der Waals surface area contributed by atoms with E-state index in [1.165, 1.54) is 44.2 Å². The molecule has 0 spiro atoms. The van der Waals surface area contributed by atoms with Crippen LogP contribution in [0.4, 0.5) is 0 Å². The van der Waals surface area contributed by atoms with E-state index >= 15 is 0 Å². The van der Waals surface area contributed by atoms with Gasteiger partial charge in [0, 0.05) is 113 Å². The zero-order valence-corrected chi connectivity index (χ0v) is 37.4. The molecule has 0 bridgehead atoms. The van der Waals surface area contributed by atoms with Crippen LogP contribution in [0, 0.1) is 187 Å². The van der Waals surface area contributed by atoms with E-state index in [1.54, 1.807) is 7.11 Å². The Morgan fingerprint density at radius 1 is 0.731 bits per heavy atom. The van der Waals surface area contributed by atoms with Crippen LogP contribution >= 0.6 is 18.9 Å². The predicted octanol–water partition coefficient (Wildman–Crippen LogP) is 12.2. The molecule has 52 heavy (non-hydrogen) atoms. The fraction of sp³-hybridized carbons (Fsp3) is 0.273. The van der Waals surface area contributed by atoms with Crippen molar-refractivity contribution in [2.75, 3.05) is 7.11 Å². The molecule has 0 amide bonds. The molecule has 1 N–H and O–H groups in total. The molecular formula is C44H52Ar3ClNOPRu-4. The maximum absolute atomic E-state index is 9.20. The molecule has 5 aromatic carbocycles. The topological polar surface area (TPSA) is 33.0 Å². The van der Waals surface area contributed by atoms with Crippen LogP contribution in [0.2, 0.25) is 0 Å². The molecule has 0 aliphatic heterocycles. The van der Waals surface area contributed by atoms with Gasteiger partial charge in [0.25, 0.3) is 0 Å². The van der Waals surface area contributed by atoms with E-state index in [0.717, 1.165) is 28.0 Å². The van der Waals surface area contributed by atoms with Crippen LogP contribution in [-0.4, -0.2) is 7.11 Å². The predicted molar refractivity (Wildman–Crippen MR) is 213 cm³/mol. The summed E-state index contributed by atoms with van der Waals surface area (Å²) >= 11 is 1.82. The number of rotatable bonds is 6. The second kappa shape index (κ2) is 27.5. The molecule has 3 atom stereocenters. The van der Waals surface area contributed by atoms with Crippen molar-refractivity contribution in [3.8, 4) is 16.9 Å². The number of hydrogen-bond acceptors (Lipinski definition) is 1. The summed E-state index contributed by atoms with van der Waals surface area (Å²) in [5.74, 6) is 0.998. The van der Waals surface area contributed by atoms with E-state index in [1.807, 2.05) is 66.7 Å². The first-order valence-corrected chi connectivity index (χ1v) is 19.2. The first-order valence-electron chi connectivity index (χ1n) is 16.4. The summed E-state index contributed by atoms with van der Waals surface area (Å²) < 4.78 is 5.23. The molecule has 0 aliphatic carbocycles. The number of methoxy groups -OCH3 is 1. The number of halogens is 1. The fourth-order valence-corrected chi connectivity index (χ4v) is 6.47. The van der Waals surface area contributed by atoms with Gasteiger partial charge in [0.15, 0.2) is 0 Å². The van der Waals surface area contributed by atoms with Crippen LogP contribution < -0.4 is 10.0 Å². The Kier molecular flexibility index (Phi) is 29.0. The Morgan fingerprint density at radius 3 is 1.62 bits per heavy atom. The molecule has 5 rings (SSSR count). The minimum absolute atomic E-state index is 0. The molecule has 0 aliphatic rings. The summed E-state index contributed by atoms with van der Waals surface area (Å²) in [5.41, 5.74) is 21.5. The Hall–Kier alpha value is 0.853. The normalized spacial score (nSPS) is 11.5. The summed E-state index contributed by atoms with van der Waals surface area (Å²) in [5, 5.41) is 1.24. The Bertz CT molecular complexity index is 1630. The molecule has 287 valence electrons. The summed E-state index contributed by atoms with van der Waals surface area (Å²) in [7, 11) is 9.03. The molecule has 5 aromatic rings. The zero-order valence-electron chi connectivity index (χ0n) is 31.6. The molecule has 0 fully saturated rings. The number of hydrogen-bond donors (Lipinski definition) is 0. The molecule has 0 aromatic heterocycles. The van der Waals surface area contributed by atoms with Gasteiger partial charge < -0.3 is 17.4 Å². The Morgan fingerprint density at radius 2 is 1.21 bits per heavy atom. The molecule has 0 saturated heterocycles. The zero-order chi connectivity index (χ0) is 36.9. The van der Waals surface area contributed by atoms with Gasteiger partial charge in [-0.15, -0.1) is 26.4 Å². The molecule has 3 unspecified atom stereocenters. The minimum atomic E-state index is -0.922. The van der Waals surface area contributed by atoms with Gasteiger partial charge in [-0.1, -0.05) is 127 Å². The second-order valence-corrected chi connectivity index (χ2v) is 13.6. The maximum atomic E-state index is 9.20. The average Bonchev–Trinajstić information content (AvgIpc) is 3.06. The van der Waals surface area contributed by atoms with Crippen LogP contribution in [0.3, 0.4) is 0 Å². The van der Waals surface area contributed by atoms with E-state index in [-0.39, 0.29) is 125 Å². The van der Waals surface area contributed by atoms with Gasteiger partial charge in [0.1, 0.15) is 5.75 Å². The van der Waals surface area contributed by atoms with Crippen LogP contribution in [0.25, 0.3) is 16.9 Å². The van der Waals surface area contributed by atoms with Gasteiger partial charge in [-0.05, 0) is 45.1 Å². The second-order valence-electron chi connectivity index (χ2n) is 13.0. The van der Waals surface area contributed by atoms with Crippen LogP contribution in [-0.2, 0) is 22.9 Å². The SMILES string of the molecule is Cc1cc(C)cc(C)c1.[Ar].[Ar].[Ar].[CH2-]C(C(C)C)C([NH-])(c1[c-]cc(C)cc1)c1ccc(OC)cc1.[CH2-]c1cccc(C)c1-c1c(C)cccc1P.[Cl][Ru]. The van der Waals surface area contributed by atoms with Crippen molar-refractivity contribution in [2.45, 2.75) is 60.9 Å². The van der Waals surface area contributed by atoms with Crippen LogP contribution in [0.15, 0.2) is 97.1 Å². The quantitative estimate of drug-likeness (QED) is 0.0950. The third-order valence-electron chi connectivity index (χ3n) is 8.58. The van der Waals surface area contributed by atoms with Crippen molar-refractivity contribution in [1.29, 1.82) is 0 Å². The molecule has 0 radical (unpaired) electrons. The van der Waals surface area contributed by atoms with Gasteiger partial charge in [-0.2, -0.15) is 59.9 Å². The van der Waals surface area contributed by atoms with Gasteiger partial charge in [0.2, 0.25) is 0 Å². The van der Waals surface area contributed by atoms with Crippen LogP contribution in [0.5, 0.6) is 5.75 Å². The van der Waals surface area contributed by atoms with Crippen molar-refractivity contribution in [3.05, 3.63) is 173 Å². The van der Waals surface area contributed by atoms with Crippen molar-refractivity contribution in [3.63, 3.8) is 0 Å². The summed E-state index contributed by atoms with van der Waals surface area (Å²) in [4.78, 5) is 0. The Balaban J connectivity index is 0. The van der Waals surface area contributed by atoms with E-state index in [4.69, 9.17) is 4.74 Å². The Labute approximate surface area is 422 Å². The summed E-state index contributed by atoms with van der Waals surface area (Å²) in [6.45, 7) is 25.3. The van der Waals surface area contributed by atoms with Crippen molar-refractivity contribution in [1.82, 2.24) is 0 Å². The van der Waals surface area contributed by atoms with E-state index in [0.29, 0.717) is 0 Å². The first-order chi connectivity index (χ1) is 23.2. The van der Waals surface area contributed by atoms with Crippen molar-refractivity contribution in [2.24, 2.45) is 11.8 Å². The van der Waals surface area contributed by atoms with E-state index in [2.05, 4.69) is 142 Å². The molecule has 2 nitrogen and oxygen atoms in total. The van der Waals surface area contributed by atoms with Gasteiger partial charge in [0.05, 0.1) is 7.11 Å². The number of benzene rings is 5. The van der Waals surface area contributed by atoms with Gasteiger partial charge >= 0.3 is 27.0 Å². The van der Waals surface area contributed by atoms with Crippen molar-refractivity contribution >= 4 is 24.2 Å². The fourth-order valence-electron chi connectivity index (χ4n) is 5.99. The first kappa shape index (κ1) is 55.0. The van der Waals surface area contributed by atoms with Gasteiger partial charge in [-0.3, -0.25) is 0 Å².